The fourth-order valence-corrected chi connectivity index (χ4v) is 6.84. The van der Waals surface area contributed by atoms with Crippen molar-refractivity contribution in [3.63, 3.8) is 0 Å². The maximum atomic E-state index is 15.2. The lowest BCUT2D eigenvalue weighted by Crippen LogP contribution is -2.26. The summed E-state index contributed by atoms with van der Waals surface area (Å²) in [5.74, 6) is -5.32. The highest BCUT2D eigenvalue weighted by molar-refractivity contribution is 5.84. The number of unbranched alkanes of at least 4 members (excludes halogenated alkanes) is 10. The molecule has 0 spiro atoms. The second-order valence-corrected chi connectivity index (χ2v) is 12.2. The number of fused-ring (bicyclic) bond motifs is 3. The van der Waals surface area contributed by atoms with Gasteiger partial charge >= 0.3 is 0 Å². The van der Waals surface area contributed by atoms with Crippen molar-refractivity contribution in [3.8, 4) is 22.3 Å². The number of hydrogen-bond donors (Lipinski definition) is 0. The van der Waals surface area contributed by atoms with E-state index in [2.05, 4.69) is 39.0 Å². The summed E-state index contributed by atoms with van der Waals surface area (Å²) in [7, 11) is 0. The van der Waals surface area contributed by atoms with Gasteiger partial charge < -0.3 is 0 Å². The van der Waals surface area contributed by atoms with Gasteiger partial charge in [-0.2, -0.15) is 0 Å². The smallest absolute Gasteiger partial charge is 0.170 e. The molecule has 4 rings (SSSR count). The summed E-state index contributed by atoms with van der Waals surface area (Å²) in [5.41, 5.74) is 4.39. The lowest BCUT2D eigenvalue weighted by molar-refractivity contribution is 0.397. The molecule has 41 heavy (non-hydrogen) atoms. The average Bonchev–Trinajstić information content (AvgIpc) is 3.23. The van der Waals surface area contributed by atoms with Gasteiger partial charge in [0, 0.05) is 11.0 Å². The van der Waals surface area contributed by atoms with Crippen molar-refractivity contribution in [1.29, 1.82) is 0 Å². The molecule has 0 bridgehead atoms. The molecule has 0 saturated heterocycles. The van der Waals surface area contributed by atoms with Crippen LogP contribution in [0.5, 0.6) is 0 Å². The summed E-state index contributed by atoms with van der Waals surface area (Å²) in [4.78, 5) is 0. The fraction of sp³-hybridized carbons (Fsp3) is 0.514. The minimum absolute atomic E-state index is 0.191. The van der Waals surface area contributed by atoms with Crippen molar-refractivity contribution < 1.29 is 17.6 Å². The summed E-state index contributed by atoms with van der Waals surface area (Å²) in [5, 5.41) is 0. The normalized spacial score (nSPS) is 13.5. The highest BCUT2D eigenvalue weighted by Crippen LogP contribution is 2.55. The van der Waals surface area contributed by atoms with Crippen LogP contribution in [0.15, 0.2) is 36.4 Å². The third-order valence-corrected chi connectivity index (χ3v) is 9.20. The maximum Gasteiger partial charge on any atom is 0.170 e. The molecule has 0 heterocycles. The van der Waals surface area contributed by atoms with Gasteiger partial charge in [0.1, 0.15) is 0 Å². The topological polar surface area (TPSA) is 0 Å². The summed E-state index contributed by atoms with van der Waals surface area (Å²) in [6, 6.07) is 11.9. The largest absolute Gasteiger partial charge is 0.203 e. The predicted molar refractivity (Wildman–Crippen MR) is 163 cm³/mol. The molecule has 1 aliphatic rings. The molecule has 0 nitrogen and oxygen atoms in total. The van der Waals surface area contributed by atoms with E-state index in [4.69, 9.17) is 0 Å². The molecule has 3 aromatic carbocycles. The van der Waals surface area contributed by atoms with Crippen LogP contribution in [0.25, 0.3) is 22.3 Å². The Bertz CT molecular complexity index is 1290. The van der Waals surface area contributed by atoms with Crippen molar-refractivity contribution in [2.45, 2.75) is 123 Å². The molecule has 3 aromatic rings. The zero-order chi connectivity index (χ0) is 29.6. The molecule has 0 aliphatic heterocycles. The van der Waals surface area contributed by atoms with Crippen molar-refractivity contribution >= 4 is 0 Å². The summed E-state index contributed by atoms with van der Waals surface area (Å²) >= 11 is 0. The van der Waals surface area contributed by atoms with E-state index in [1.807, 2.05) is 12.1 Å². The van der Waals surface area contributed by atoms with E-state index in [0.29, 0.717) is 0 Å². The van der Waals surface area contributed by atoms with Crippen molar-refractivity contribution in [2.24, 2.45) is 0 Å². The number of halogens is 4. The van der Waals surface area contributed by atoms with E-state index in [-0.39, 0.29) is 11.0 Å². The van der Waals surface area contributed by atoms with Crippen LogP contribution in [-0.2, 0) is 5.41 Å². The van der Waals surface area contributed by atoms with Gasteiger partial charge in [0.15, 0.2) is 23.3 Å². The van der Waals surface area contributed by atoms with Gasteiger partial charge in [-0.05, 0) is 60.6 Å². The van der Waals surface area contributed by atoms with Crippen molar-refractivity contribution in [2.75, 3.05) is 0 Å². The van der Waals surface area contributed by atoms with Crippen LogP contribution in [0, 0.1) is 37.1 Å². The average molecular weight is 567 g/mol. The van der Waals surface area contributed by atoms with Gasteiger partial charge in [-0.3, -0.25) is 0 Å². The highest BCUT2D eigenvalue weighted by Gasteiger charge is 2.42. The van der Waals surface area contributed by atoms with Gasteiger partial charge in [-0.25, -0.2) is 17.6 Å². The molecule has 1 aliphatic carbocycles. The first-order chi connectivity index (χ1) is 19.8. The predicted octanol–water partition coefficient (Wildman–Crippen LogP) is 12.3. The molecule has 4 heteroatoms. The van der Waals surface area contributed by atoms with Gasteiger partial charge in [-0.1, -0.05) is 127 Å². The Labute approximate surface area is 244 Å². The van der Waals surface area contributed by atoms with Crippen LogP contribution in [-0.4, -0.2) is 0 Å². The number of hydrogen-bond acceptors (Lipinski definition) is 0. The Morgan fingerprint density at radius 1 is 0.537 bits per heavy atom. The van der Waals surface area contributed by atoms with Gasteiger partial charge in [0.05, 0.1) is 5.56 Å². The maximum absolute atomic E-state index is 15.2. The molecule has 0 atom stereocenters. The highest BCUT2D eigenvalue weighted by atomic mass is 19.2. The van der Waals surface area contributed by atoms with Crippen LogP contribution in [0.3, 0.4) is 0 Å². The van der Waals surface area contributed by atoms with E-state index in [1.165, 1.54) is 62.5 Å². The van der Waals surface area contributed by atoms with E-state index in [0.717, 1.165) is 62.1 Å². The third-order valence-electron chi connectivity index (χ3n) is 9.20. The molecule has 0 aromatic heterocycles. The first-order valence-electron chi connectivity index (χ1n) is 15.9. The minimum Gasteiger partial charge on any atom is -0.203 e. The lowest BCUT2D eigenvalue weighted by atomic mass is 9.70. The van der Waals surface area contributed by atoms with E-state index < -0.39 is 34.4 Å². The molecular weight excluding hydrogens is 520 g/mol. The number of benzene rings is 3. The Balaban J connectivity index is 1.80. The van der Waals surface area contributed by atoms with Crippen molar-refractivity contribution in [1.82, 2.24) is 0 Å². The molecule has 0 fully saturated rings. The Morgan fingerprint density at radius 2 is 1.00 bits per heavy atom. The van der Waals surface area contributed by atoms with Gasteiger partial charge in [0.2, 0.25) is 0 Å². The minimum atomic E-state index is -1.33. The SMILES string of the molecule is CCCCCCCCC1(CCCCCCCC)c2cc(C)ccc2-c2ccc(-c3c(F)c(F)c(C)c(F)c3F)cc21. The van der Waals surface area contributed by atoms with Crippen LogP contribution in [0.4, 0.5) is 17.6 Å². The molecule has 0 unspecified atom stereocenters. The Kier molecular flexibility index (Phi) is 10.7. The Morgan fingerprint density at radius 3 is 1.54 bits per heavy atom. The second-order valence-electron chi connectivity index (χ2n) is 12.2. The monoisotopic (exact) mass is 566 g/mol. The van der Waals surface area contributed by atoms with E-state index in [1.54, 1.807) is 6.07 Å². The number of rotatable bonds is 15. The first kappa shape index (κ1) is 31.3. The summed E-state index contributed by atoms with van der Waals surface area (Å²) < 4.78 is 59.6. The van der Waals surface area contributed by atoms with E-state index >= 15 is 8.78 Å². The van der Waals surface area contributed by atoms with Crippen LogP contribution in [0.2, 0.25) is 0 Å². The fourth-order valence-electron chi connectivity index (χ4n) is 6.84. The second kappa shape index (κ2) is 14.0. The lowest BCUT2D eigenvalue weighted by Gasteiger charge is -2.33. The standard InChI is InChI=1S/C37H46F4/c1-5-7-9-11-13-15-21-37(22-16-14-12-10-8-6-2)30-23-25(3)17-19-28(30)29-20-18-27(24-31(29)37)32-35(40)33(38)26(4)34(39)36(32)41/h17-20,23-24H,5-16,21-22H2,1-4H3. The molecule has 222 valence electrons. The van der Waals surface area contributed by atoms with E-state index in [9.17, 15) is 8.78 Å². The Hall–Kier alpha value is -2.62. The molecule has 0 N–H and O–H groups in total. The molecule has 0 saturated carbocycles. The molecule has 0 radical (unpaired) electrons. The zero-order valence-electron chi connectivity index (χ0n) is 25.4. The van der Waals surface area contributed by atoms with Gasteiger partial charge in [0.25, 0.3) is 0 Å². The summed E-state index contributed by atoms with van der Waals surface area (Å²) in [6.07, 6.45) is 16.1. The first-order valence-corrected chi connectivity index (χ1v) is 15.9. The molecular formula is C37H46F4. The van der Waals surface area contributed by atoms with Crippen LogP contribution in [0.1, 0.15) is 126 Å². The number of aryl methyl sites for hydroxylation is 1. The van der Waals surface area contributed by atoms with Crippen molar-refractivity contribution in [3.05, 3.63) is 81.9 Å². The summed E-state index contributed by atoms with van der Waals surface area (Å²) in [6.45, 7) is 7.62. The van der Waals surface area contributed by atoms with Gasteiger partial charge in [-0.15, -0.1) is 0 Å². The third kappa shape index (κ3) is 6.42. The quantitative estimate of drug-likeness (QED) is 0.0975. The van der Waals surface area contributed by atoms with Crippen LogP contribution >= 0.6 is 0 Å². The zero-order valence-corrected chi connectivity index (χ0v) is 25.4. The molecule has 0 amide bonds. The van der Waals surface area contributed by atoms with Crippen LogP contribution < -0.4 is 0 Å².